The largest absolute Gasteiger partial charge is 0.489 e. The van der Waals surface area contributed by atoms with Gasteiger partial charge in [0.25, 0.3) is 0 Å². The molecule has 0 amide bonds. The van der Waals surface area contributed by atoms with Gasteiger partial charge in [0.2, 0.25) is 0 Å². The van der Waals surface area contributed by atoms with Gasteiger partial charge in [-0.1, -0.05) is 17.9 Å². The number of nitrogens with zero attached hydrogens (tertiary/aromatic N) is 1. The van der Waals surface area contributed by atoms with Gasteiger partial charge in [0.05, 0.1) is 11.6 Å². The molecule has 2 aromatic rings. The highest BCUT2D eigenvalue weighted by molar-refractivity contribution is 5.39. The van der Waals surface area contributed by atoms with Crippen LogP contribution in [0, 0.1) is 29.0 Å². The van der Waals surface area contributed by atoms with E-state index in [0.717, 1.165) is 0 Å². The minimum Gasteiger partial charge on any atom is -0.489 e. The fourth-order valence-electron chi connectivity index (χ4n) is 1.77. The lowest BCUT2D eigenvalue weighted by Gasteiger charge is -2.07. The first-order valence-electron chi connectivity index (χ1n) is 6.23. The lowest BCUT2D eigenvalue weighted by molar-refractivity contribution is 0.305. The second-order valence-corrected chi connectivity index (χ2v) is 4.24. The molecule has 0 fully saturated rings. The summed E-state index contributed by atoms with van der Waals surface area (Å²) < 4.78 is 19.0. The smallest absolute Gasteiger partial charge is 0.124 e. The lowest BCUT2D eigenvalue weighted by atomic mass is 10.1. The van der Waals surface area contributed by atoms with Crippen molar-refractivity contribution in [3.05, 3.63) is 65.0 Å². The van der Waals surface area contributed by atoms with Crippen LogP contribution in [0.4, 0.5) is 4.39 Å². The average Bonchev–Trinajstić information content (AvgIpc) is 2.50. The summed E-state index contributed by atoms with van der Waals surface area (Å²) in [6.45, 7) is -0.107. The first kappa shape index (κ1) is 14.6. The van der Waals surface area contributed by atoms with E-state index in [1.165, 1.54) is 12.1 Å². The molecule has 21 heavy (non-hydrogen) atoms. The number of nitriles is 1. The van der Waals surface area contributed by atoms with E-state index in [9.17, 15) is 4.39 Å². The van der Waals surface area contributed by atoms with Crippen molar-refractivity contribution < 1.29 is 14.2 Å². The molecule has 0 aliphatic carbocycles. The van der Waals surface area contributed by atoms with Crippen LogP contribution in [0.1, 0.15) is 16.7 Å². The highest BCUT2D eigenvalue weighted by atomic mass is 19.1. The van der Waals surface area contributed by atoms with Gasteiger partial charge in [-0.3, -0.25) is 0 Å². The summed E-state index contributed by atoms with van der Waals surface area (Å²) in [7, 11) is 0. The van der Waals surface area contributed by atoms with Gasteiger partial charge in [0.15, 0.2) is 0 Å². The van der Waals surface area contributed by atoms with E-state index in [-0.39, 0.29) is 13.2 Å². The third-order valence-corrected chi connectivity index (χ3v) is 2.64. The number of ether oxygens (including phenoxy) is 1. The minimum atomic E-state index is -0.413. The second kappa shape index (κ2) is 7.09. The van der Waals surface area contributed by atoms with Gasteiger partial charge < -0.3 is 9.84 Å². The zero-order valence-electron chi connectivity index (χ0n) is 11.1. The summed E-state index contributed by atoms with van der Waals surface area (Å²) in [6, 6.07) is 13.1. The fourth-order valence-corrected chi connectivity index (χ4v) is 1.77. The Kier molecular flexibility index (Phi) is 4.93. The van der Waals surface area contributed by atoms with Gasteiger partial charge in [-0.25, -0.2) is 4.39 Å². The van der Waals surface area contributed by atoms with Crippen LogP contribution in [0.15, 0.2) is 42.5 Å². The predicted molar refractivity (Wildman–Crippen MR) is 75.9 cm³/mol. The quantitative estimate of drug-likeness (QED) is 0.880. The van der Waals surface area contributed by atoms with Crippen molar-refractivity contribution in [3.8, 4) is 23.7 Å². The number of halogens is 1. The van der Waals surface area contributed by atoms with Crippen molar-refractivity contribution in [2.24, 2.45) is 0 Å². The van der Waals surface area contributed by atoms with Crippen molar-refractivity contribution in [1.82, 2.24) is 0 Å². The number of benzene rings is 2. The van der Waals surface area contributed by atoms with E-state index in [1.54, 1.807) is 30.3 Å². The summed E-state index contributed by atoms with van der Waals surface area (Å²) in [5.41, 5.74) is 1.61. The van der Waals surface area contributed by atoms with Crippen LogP contribution in [0.25, 0.3) is 0 Å². The van der Waals surface area contributed by atoms with Crippen LogP contribution in [0.3, 0.4) is 0 Å². The van der Waals surface area contributed by atoms with Crippen LogP contribution in [-0.4, -0.2) is 11.7 Å². The number of aliphatic hydroxyl groups is 1. The van der Waals surface area contributed by atoms with Crippen LogP contribution in [-0.2, 0) is 6.61 Å². The van der Waals surface area contributed by atoms with E-state index in [2.05, 4.69) is 11.8 Å². The number of rotatable bonds is 3. The molecule has 0 saturated heterocycles. The molecular formula is C17H12FNO2. The van der Waals surface area contributed by atoms with Gasteiger partial charge in [-0.05, 0) is 42.0 Å². The van der Waals surface area contributed by atoms with Gasteiger partial charge in [-0.2, -0.15) is 5.26 Å². The molecule has 0 heterocycles. The third kappa shape index (κ3) is 4.35. The van der Waals surface area contributed by atoms with E-state index in [4.69, 9.17) is 15.1 Å². The van der Waals surface area contributed by atoms with Gasteiger partial charge in [0.1, 0.15) is 24.8 Å². The highest BCUT2D eigenvalue weighted by Crippen LogP contribution is 2.16. The highest BCUT2D eigenvalue weighted by Gasteiger charge is 2.02. The Bertz CT molecular complexity index is 738. The molecule has 2 aromatic carbocycles. The molecule has 0 bridgehead atoms. The van der Waals surface area contributed by atoms with Gasteiger partial charge in [-0.15, -0.1) is 0 Å². The number of hydrogen-bond donors (Lipinski definition) is 1. The topological polar surface area (TPSA) is 53.2 Å². The van der Waals surface area contributed by atoms with E-state index < -0.39 is 5.82 Å². The monoisotopic (exact) mass is 281 g/mol. The van der Waals surface area contributed by atoms with Crippen molar-refractivity contribution in [2.45, 2.75) is 6.61 Å². The SMILES string of the molecule is N#Cc1cccc(OCc2cc(F)cc(C#CCO)c2)c1. The average molecular weight is 281 g/mol. The van der Waals surface area contributed by atoms with Crippen LogP contribution in [0.2, 0.25) is 0 Å². The molecule has 0 radical (unpaired) electrons. The van der Waals surface area contributed by atoms with Gasteiger partial charge in [0, 0.05) is 5.56 Å². The Labute approximate surface area is 122 Å². The summed E-state index contributed by atoms with van der Waals surface area (Å²) >= 11 is 0. The number of aliphatic hydroxyl groups excluding tert-OH is 1. The summed E-state index contributed by atoms with van der Waals surface area (Å²) in [4.78, 5) is 0. The van der Waals surface area contributed by atoms with Crippen molar-refractivity contribution in [1.29, 1.82) is 5.26 Å². The van der Waals surface area contributed by atoms with Crippen molar-refractivity contribution >= 4 is 0 Å². The molecule has 0 spiro atoms. The maximum Gasteiger partial charge on any atom is 0.124 e. The Morgan fingerprint density at radius 3 is 2.76 bits per heavy atom. The van der Waals surface area contributed by atoms with Crippen molar-refractivity contribution in [2.75, 3.05) is 6.61 Å². The molecule has 0 aliphatic heterocycles. The molecule has 0 atom stereocenters. The lowest BCUT2D eigenvalue weighted by Crippen LogP contribution is -1.97. The van der Waals surface area contributed by atoms with Crippen LogP contribution >= 0.6 is 0 Å². The molecule has 4 heteroatoms. The molecule has 0 saturated carbocycles. The third-order valence-electron chi connectivity index (χ3n) is 2.64. The van der Waals surface area contributed by atoms with Crippen molar-refractivity contribution in [3.63, 3.8) is 0 Å². The fraction of sp³-hybridized carbons (Fsp3) is 0.118. The predicted octanol–water partition coefficient (Wildman–Crippen LogP) is 2.62. The summed E-state index contributed by atoms with van der Waals surface area (Å²) in [5, 5.41) is 17.5. The molecule has 3 nitrogen and oxygen atoms in total. The Balaban J connectivity index is 2.12. The normalized spacial score (nSPS) is 9.38. The van der Waals surface area contributed by atoms with E-state index in [1.807, 2.05) is 6.07 Å². The van der Waals surface area contributed by atoms with E-state index in [0.29, 0.717) is 22.4 Å². The van der Waals surface area contributed by atoms with Crippen LogP contribution in [0.5, 0.6) is 5.75 Å². The second-order valence-electron chi connectivity index (χ2n) is 4.24. The first-order valence-corrected chi connectivity index (χ1v) is 6.23. The molecule has 104 valence electrons. The van der Waals surface area contributed by atoms with Gasteiger partial charge >= 0.3 is 0 Å². The zero-order valence-corrected chi connectivity index (χ0v) is 11.1. The minimum absolute atomic E-state index is 0.167. The zero-order chi connectivity index (χ0) is 15.1. The summed E-state index contributed by atoms with van der Waals surface area (Å²) in [5.74, 6) is 5.25. The Morgan fingerprint density at radius 1 is 1.14 bits per heavy atom. The standard InChI is InChI=1S/C17H12FNO2/c18-16-8-13(4-2-6-20)7-15(9-16)12-21-17-5-1-3-14(10-17)11-19/h1,3,5,7-10,20H,6,12H2. The summed E-state index contributed by atoms with van der Waals surface area (Å²) in [6.07, 6.45) is 0. The Morgan fingerprint density at radius 2 is 2.00 bits per heavy atom. The van der Waals surface area contributed by atoms with E-state index >= 15 is 0 Å². The molecule has 0 unspecified atom stereocenters. The molecule has 0 aromatic heterocycles. The maximum absolute atomic E-state index is 13.5. The first-order chi connectivity index (χ1) is 10.2. The van der Waals surface area contributed by atoms with Crippen LogP contribution < -0.4 is 4.74 Å². The molecule has 1 N–H and O–H groups in total. The molecular weight excluding hydrogens is 269 g/mol. The molecule has 0 aliphatic rings. The Hall–Kier alpha value is -2.82. The number of hydrogen-bond acceptors (Lipinski definition) is 3. The maximum atomic E-state index is 13.5. The molecule has 2 rings (SSSR count).